The van der Waals surface area contributed by atoms with Crippen LogP contribution in [-0.2, 0) is 0 Å². The molecule has 0 spiro atoms. The summed E-state index contributed by atoms with van der Waals surface area (Å²) in [6.45, 7) is 0. The lowest BCUT2D eigenvalue weighted by molar-refractivity contribution is 0.760. The molecule has 9 rings (SSSR count). The van der Waals surface area contributed by atoms with E-state index in [4.69, 9.17) is 0 Å². The van der Waals surface area contributed by atoms with Crippen LogP contribution in [0.25, 0.3) is 58.5 Å². The third-order valence-corrected chi connectivity index (χ3v) is 9.07. The molecule has 2 aliphatic rings. The number of fused-ring (bicyclic) bond motifs is 11. The average molecular weight is 480 g/mol. The molecule has 170 valence electrons. The summed E-state index contributed by atoms with van der Waals surface area (Å²) in [6.07, 6.45) is 8.80. The topological polar surface area (TPSA) is 28.5 Å². The first-order chi connectivity index (χ1) is 17.8. The van der Waals surface area contributed by atoms with Gasteiger partial charge in [0.15, 0.2) is 0 Å². The highest BCUT2D eigenvalue weighted by atomic mass is 32.1. The molecule has 3 nitrogen and oxygen atoms in total. The zero-order valence-electron chi connectivity index (χ0n) is 19.3. The molecular weight excluding hydrogens is 458 g/mol. The Labute approximate surface area is 211 Å². The van der Waals surface area contributed by atoms with E-state index in [-0.39, 0.29) is 12.1 Å². The van der Waals surface area contributed by atoms with E-state index in [0.717, 1.165) is 0 Å². The maximum absolute atomic E-state index is 3.88. The van der Waals surface area contributed by atoms with E-state index in [0.29, 0.717) is 0 Å². The van der Waals surface area contributed by atoms with Gasteiger partial charge in [0.2, 0.25) is 0 Å². The van der Waals surface area contributed by atoms with E-state index in [9.17, 15) is 0 Å². The Bertz CT molecular complexity index is 2060. The van der Waals surface area contributed by atoms with Crippen molar-refractivity contribution in [3.8, 4) is 11.1 Å². The van der Waals surface area contributed by atoms with E-state index in [1.165, 1.54) is 70.0 Å². The fourth-order valence-electron chi connectivity index (χ4n) is 6.39. The highest BCUT2D eigenvalue weighted by Gasteiger charge is 2.32. The summed E-state index contributed by atoms with van der Waals surface area (Å²) in [6, 6.07) is 29.4. The number of benzene rings is 4. The largest absolute Gasteiger partial charge is 0.373 e. The number of rotatable bonds is 1. The molecule has 3 aromatic heterocycles. The van der Waals surface area contributed by atoms with E-state index in [1.54, 1.807) is 0 Å². The molecule has 7 aromatic rings. The first-order valence-corrected chi connectivity index (χ1v) is 13.3. The van der Waals surface area contributed by atoms with Crippen molar-refractivity contribution >= 4 is 70.2 Å². The van der Waals surface area contributed by atoms with Gasteiger partial charge in [-0.15, -0.1) is 11.3 Å². The molecule has 2 atom stereocenters. The molecular formula is C32H21N3S. The molecule has 0 fully saturated rings. The van der Waals surface area contributed by atoms with Crippen LogP contribution in [0, 0.1) is 0 Å². The third-order valence-electron chi connectivity index (χ3n) is 7.96. The zero-order chi connectivity index (χ0) is 23.4. The summed E-state index contributed by atoms with van der Waals surface area (Å²) < 4.78 is 5.15. The third kappa shape index (κ3) is 2.32. The fourth-order valence-corrected chi connectivity index (χ4v) is 7.54. The Kier molecular flexibility index (Phi) is 3.52. The van der Waals surface area contributed by atoms with Crippen molar-refractivity contribution in [3.63, 3.8) is 0 Å². The van der Waals surface area contributed by atoms with Crippen LogP contribution >= 0.6 is 11.3 Å². The predicted molar refractivity (Wildman–Crippen MR) is 155 cm³/mol. The summed E-state index contributed by atoms with van der Waals surface area (Å²) >= 11 is 1.90. The highest BCUT2D eigenvalue weighted by Crippen LogP contribution is 2.51. The number of anilines is 2. The summed E-state index contributed by atoms with van der Waals surface area (Å²) in [5.74, 6) is 1.17. The van der Waals surface area contributed by atoms with Crippen molar-refractivity contribution in [3.05, 3.63) is 103 Å². The van der Waals surface area contributed by atoms with Crippen molar-refractivity contribution in [2.45, 2.75) is 12.1 Å². The summed E-state index contributed by atoms with van der Waals surface area (Å²) in [5.41, 5.74) is 6.28. The van der Waals surface area contributed by atoms with Gasteiger partial charge in [0.05, 0.1) is 28.8 Å². The molecule has 36 heavy (non-hydrogen) atoms. The summed E-state index contributed by atoms with van der Waals surface area (Å²) in [5, 5.41) is 14.4. The standard InChI is InChI=1S/C32H21N3S/c1-2-8-18(9-3-1)19-14-15-25-21(16-19)29-28-20-10-4-7-13-26(20)36-27(28)17-22-30-32(35(25)31(22)29)34-24-12-6-5-11-23(24)33-30/h1-17,23-24,33-34H. The predicted octanol–water partition coefficient (Wildman–Crippen LogP) is 8.42. The molecule has 1 aliphatic heterocycles. The van der Waals surface area contributed by atoms with Gasteiger partial charge in [-0.3, -0.25) is 4.40 Å². The first kappa shape index (κ1) is 19.0. The second-order valence-electron chi connectivity index (χ2n) is 9.89. The fraction of sp³-hybridized carbons (Fsp3) is 0.0625. The number of nitrogens with one attached hydrogen (secondary N) is 2. The Balaban J connectivity index is 1.48. The van der Waals surface area contributed by atoms with Gasteiger partial charge >= 0.3 is 0 Å². The van der Waals surface area contributed by atoms with Crippen LogP contribution in [0.4, 0.5) is 11.5 Å². The van der Waals surface area contributed by atoms with Crippen LogP contribution in [-0.4, -0.2) is 16.5 Å². The van der Waals surface area contributed by atoms with Crippen molar-refractivity contribution < 1.29 is 0 Å². The number of aromatic nitrogens is 1. The Hall–Kier alpha value is -4.28. The minimum atomic E-state index is 0.237. The molecule has 0 saturated heterocycles. The maximum Gasteiger partial charge on any atom is 0.136 e. The van der Waals surface area contributed by atoms with E-state index >= 15 is 0 Å². The van der Waals surface area contributed by atoms with Crippen LogP contribution in [0.1, 0.15) is 0 Å². The van der Waals surface area contributed by atoms with Crippen LogP contribution in [0.2, 0.25) is 0 Å². The smallest absolute Gasteiger partial charge is 0.136 e. The molecule has 0 bridgehead atoms. The van der Waals surface area contributed by atoms with Gasteiger partial charge < -0.3 is 10.6 Å². The Morgan fingerprint density at radius 2 is 1.44 bits per heavy atom. The molecule has 2 unspecified atom stereocenters. The normalized spacial score (nSPS) is 18.8. The lowest BCUT2D eigenvalue weighted by Gasteiger charge is -2.33. The van der Waals surface area contributed by atoms with Crippen LogP contribution in [0.5, 0.6) is 0 Å². The molecule has 1 aliphatic carbocycles. The molecule has 0 amide bonds. The molecule has 0 saturated carbocycles. The van der Waals surface area contributed by atoms with Crippen LogP contribution < -0.4 is 10.6 Å². The Morgan fingerprint density at radius 3 is 2.33 bits per heavy atom. The molecule has 4 heterocycles. The first-order valence-electron chi connectivity index (χ1n) is 12.5. The lowest BCUT2D eigenvalue weighted by atomic mass is 9.98. The minimum absolute atomic E-state index is 0.237. The second-order valence-corrected chi connectivity index (χ2v) is 11.0. The average Bonchev–Trinajstić information content (AvgIpc) is 3.57. The maximum atomic E-state index is 3.88. The summed E-state index contributed by atoms with van der Waals surface area (Å²) in [7, 11) is 0. The monoisotopic (exact) mass is 479 g/mol. The molecule has 4 heteroatoms. The van der Waals surface area contributed by atoms with Gasteiger partial charge in [-0.05, 0) is 35.4 Å². The van der Waals surface area contributed by atoms with Crippen molar-refractivity contribution in [2.75, 3.05) is 10.6 Å². The quantitative estimate of drug-likeness (QED) is 0.247. The van der Waals surface area contributed by atoms with Gasteiger partial charge in [0.1, 0.15) is 5.82 Å². The van der Waals surface area contributed by atoms with Crippen molar-refractivity contribution in [2.24, 2.45) is 0 Å². The van der Waals surface area contributed by atoms with Gasteiger partial charge in [0, 0.05) is 36.3 Å². The lowest BCUT2D eigenvalue weighted by Crippen LogP contribution is -2.41. The van der Waals surface area contributed by atoms with E-state index in [1.807, 2.05) is 11.3 Å². The van der Waals surface area contributed by atoms with Gasteiger partial charge in [-0.25, -0.2) is 0 Å². The van der Waals surface area contributed by atoms with Crippen LogP contribution in [0.3, 0.4) is 0 Å². The molecule has 0 radical (unpaired) electrons. The number of nitrogens with zero attached hydrogens (tertiary/aromatic N) is 1. The van der Waals surface area contributed by atoms with Crippen molar-refractivity contribution in [1.82, 2.24) is 4.40 Å². The van der Waals surface area contributed by atoms with E-state index in [2.05, 4.69) is 118 Å². The summed E-state index contributed by atoms with van der Waals surface area (Å²) in [4.78, 5) is 0. The number of hydrogen-bond acceptors (Lipinski definition) is 3. The molecule has 4 aromatic carbocycles. The molecule has 2 N–H and O–H groups in total. The zero-order valence-corrected chi connectivity index (χ0v) is 20.1. The van der Waals surface area contributed by atoms with Gasteiger partial charge in [-0.2, -0.15) is 0 Å². The van der Waals surface area contributed by atoms with Crippen molar-refractivity contribution in [1.29, 1.82) is 0 Å². The van der Waals surface area contributed by atoms with Gasteiger partial charge in [-0.1, -0.05) is 78.9 Å². The number of hydrogen-bond donors (Lipinski definition) is 2. The van der Waals surface area contributed by atoms with E-state index < -0.39 is 0 Å². The number of thiophene rings is 1. The van der Waals surface area contributed by atoms with Crippen LogP contribution in [0.15, 0.2) is 103 Å². The Morgan fingerprint density at radius 1 is 0.639 bits per heavy atom. The minimum Gasteiger partial charge on any atom is -0.373 e. The SMILES string of the molecule is C1=CC2Nc3c(n4c5ccc(-c6ccccc6)cc5c5c6c(cc3c54)sc3ccccc36)NC2C=C1. The highest BCUT2D eigenvalue weighted by molar-refractivity contribution is 7.26. The second kappa shape index (κ2) is 6.68. The number of allylic oxidation sites excluding steroid dienone is 2. The van der Waals surface area contributed by atoms with Gasteiger partial charge in [0.25, 0.3) is 0 Å².